The van der Waals surface area contributed by atoms with Crippen LogP contribution in [-0.2, 0) is 10.8 Å². The number of hydrogen-bond donors (Lipinski definition) is 0. The maximum Gasteiger partial charge on any atom is 0.193 e. The molecule has 0 amide bonds. The normalized spacial score (nSPS) is 13.1. The number of aryl methyl sites for hydroxylation is 1. The van der Waals surface area contributed by atoms with Crippen molar-refractivity contribution in [2.24, 2.45) is 0 Å². The highest BCUT2D eigenvalue weighted by molar-refractivity contribution is 6.74. The van der Waals surface area contributed by atoms with E-state index < -0.39 is 8.32 Å². The minimum atomic E-state index is -1.58. The lowest BCUT2D eigenvalue weighted by Gasteiger charge is -2.36. The molecule has 1 rings (SSSR count). The van der Waals surface area contributed by atoms with Gasteiger partial charge in [-0.05, 0) is 24.6 Å². The van der Waals surface area contributed by atoms with Gasteiger partial charge in [-0.2, -0.15) is 0 Å². The first kappa shape index (κ1) is 13.5. The molecule has 0 fully saturated rings. The molecule has 0 aliphatic rings. The third-order valence-corrected chi connectivity index (χ3v) is 7.83. The Bertz CT molecular complexity index is 301. The Morgan fingerprint density at radius 3 is 2.56 bits per heavy atom. The van der Waals surface area contributed by atoms with E-state index in [1.807, 2.05) is 0 Å². The Kier molecular flexibility index (Phi) is 4.33. The number of rotatable bonds is 5. The van der Waals surface area contributed by atoms with Crippen LogP contribution < -0.4 is 0 Å². The van der Waals surface area contributed by atoms with Gasteiger partial charge in [0.15, 0.2) is 14.2 Å². The van der Waals surface area contributed by atoms with Gasteiger partial charge in [0.1, 0.15) is 6.26 Å². The summed E-state index contributed by atoms with van der Waals surface area (Å²) in [7, 11) is -1.58. The second-order valence-electron chi connectivity index (χ2n) is 5.64. The van der Waals surface area contributed by atoms with Crippen molar-refractivity contribution >= 4 is 8.32 Å². The summed E-state index contributed by atoms with van der Waals surface area (Å²) in [6.07, 6.45) is 5.14. The molecule has 0 aliphatic carbocycles. The van der Waals surface area contributed by atoms with Crippen LogP contribution >= 0.6 is 0 Å². The average molecular weight is 241 g/mol. The number of aromatic nitrogens is 1. The topological polar surface area (TPSA) is 35.3 Å². The van der Waals surface area contributed by atoms with Crippen LogP contribution in [0.25, 0.3) is 0 Å². The second kappa shape index (κ2) is 5.14. The zero-order chi connectivity index (χ0) is 12.2. The van der Waals surface area contributed by atoms with Crippen LogP contribution in [0.1, 0.15) is 33.1 Å². The first-order valence-electron chi connectivity index (χ1n) is 5.85. The monoisotopic (exact) mass is 241 g/mol. The van der Waals surface area contributed by atoms with E-state index in [1.54, 1.807) is 12.5 Å². The average Bonchev–Trinajstić information content (AvgIpc) is 2.63. The summed E-state index contributed by atoms with van der Waals surface area (Å²) in [5, 5.41) is 0.288. The molecule has 0 aliphatic heterocycles. The first-order valence-corrected chi connectivity index (χ1v) is 8.76. The summed E-state index contributed by atoms with van der Waals surface area (Å²) in [5.41, 5.74) is 0. The van der Waals surface area contributed by atoms with Crippen LogP contribution in [0.5, 0.6) is 0 Å². The van der Waals surface area contributed by atoms with Crippen molar-refractivity contribution in [1.82, 2.24) is 4.98 Å². The highest BCUT2D eigenvalue weighted by Gasteiger charge is 2.36. The van der Waals surface area contributed by atoms with Crippen LogP contribution in [0.3, 0.4) is 0 Å². The molecule has 0 radical (unpaired) electrons. The minimum Gasteiger partial charge on any atom is -0.449 e. The fourth-order valence-electron chi connectivity index (χ4n) is 1.14. The molecule has 0 saturated heterocycles. The van der Waals surface area contributed by atoms with Gasteiger partial charge >= 0.3 is 0 Å². The molecule has 4 heteroatoms. The summed E-state index contributed by atoms with van der Waals surface area (Å²) in [4.78, 5) is 4.09. The van der Waals surface area contributed by atoms with Crippen molar-refractivity contribution < 1.29 is 8.84 Å². The first-order chi connectivity index (χ1) is 7.33. The molecule has 0 spiro atoms. The molecule has 0 atom stereocenters. The van der Waals surface area contributed by atoms with Gasteiger partial charge in [-0.25, -0.2) is 4.98 Å². The Morgan fingerprint density at radius 2 is 2.06 bits per heavy atom. The van der Waals surface area contributed by atoms with Gasteiger partial charge in [0.05, 0.1) is 6.20 Å². The van der Waals surface area contributed by atoms with Crippen LogP contribution in [0.2, 0.25) is 18.1 Å². The summed E-state index contributed by atoms with van der Waals surface area (Å²) >= 11 is 0. The predicted octanol–water partition coefficient (Wildman–Crippen LogP) is 3.63. The number of oxazole rings is 1. The van der Waals surface area contributed by atoms with E-state index in [9.17, 15) is 0 Å². The van der Waals surface area contributed by atoms with Gasteiger partial charge in [-0.3, -0.25) is 0 Å². The molecule has 0 saturated carbocycles. The fraction of sp³-hybridized carbons (Fsp3) is 0.750. The zero-order valence-electron chi connectivity index (χ0n) is 11.0. The van der Waals surface area contributed by atoms with E-state index in [0.717, 1.165) is 25.3 Å². The maximum absolute atomic E-state index is 6.06. The molecular formula is C12H23NO2Si. The lowest BCUT2D eigenvalue weighted by Crippen LogP contribution is -2.41. The fourth-order valence-corrected chi connectivity index (χ4v) is 2.23. The van der Waals surface area contributed by atoms with Crippen LogP contribution in [0, 0.1) is 0 Å². The quantitative estimate of drug-likeness (QED) is 0.583. The standard InChI is InChI=1S/C12H23NO2Si/c1-12(2,3)16(4,5)15-9-6-7-11-13-8-10-14-11/h8,10H,6-7,9H2,1-5H3. The van der Waals surface area contributed by atoms with E-state index in [2.05, 4.69) is 38.8 Å². The predicted molar refractivity (Wildman–Crippen MR) is 68.0 cm³/mol. The van der Waals surface area contributed by atoms with E-state index in [0.29, 0.717) is 0 Å². The summed E-state index contributed by atoms with van der Waals surface area (Å²) < 4.78 is 11.2. The van der Waals surface area contributed by atoms with E-state index in [4.69, 9.17) is 8.84 Å². The lowest BCUT2D eigenvalue weighted by molar-refractivity contribution is 0.278. The van der Waals surface area contributed by atoms with Gasteiger partial charge in [0, 0.05) is 13.0 Å². The van der Waals surface area contributed by atoms with Gasteiger partial charge < -0.3 is 8.84 Å². The summed E-state index contributed by atoms with van der Waals surface area (Å²) in [5.74, 6) is 0.804. The molecule has 0 N–H and O–H groups in total. The van der Waals surface area contributed by atoms with Gasteiger partial charge in [0.25, 0.3) is 0 Å². The third kappa shape index (κ3) is 3.76. The van der Waals surface area contributed by atoms with Crippen LogP contribution in [0.15, 0.2) is 16.9 Å². The van der Waals surface area contributed by atoms with Crippen molar-refractivity contribution in [3.8, 4) is 0 Å². The summed E-state index contributed by atoms with van der Waals surface area (Å²) in [6, 6.07) is 0. The van der Waals surface area contributed by atoms with Gasteiger partial charge in [-0.15, -0.1) is 0 Å². The molecular weight excluding hydrogens is 218 g/mol. The van der Waals surface area contributed by atoms with E-state index in [-0.39, 0.29) is 5.04 Å². The molecule has 1 aromatic rings. The third-order valence-electron chi connectivity index (χ3n) is 3.29. The van der Waals surface area contributed by atoms with Crippen molar-refractivity contribution in [3.63, 3.8) is 0 Å². The Hall–Kier alpha value is -0.613. The molecule has 1 heterocycles. The molecule has 3 nitrogen and oxygen atoms in total. The SMILES string of the molecule is CC(C)(C)[Si](C)(C)OCCCc1ncco1. The van der Waals surface area contributed by atoms with Crippen molar-refractivity contribution in [2.45, 2.75) is 51.7 Å². The molecule has 16 heavy (non-hydrogen) atoms. The minimum absolute atomic E-state index is 0.288. The van der Waals surface area contributed by atoms with Crippen LogP contribution in [-0.4, -0.2) is 19.9 Å². The lowest BCUT2D eigenvalue weighted by atomic mass is 10.2. The highest BCUT2D eigenvalue weighted by atomic mass is 28.4. The van der Waals surface area contributed by atoms with Gasteiger partial charge in [0.2, 0.25) is 0 Å². The number of nitrogens with zero attached hydrogens (tertiary/aromatic N) is 1. The summed E-state index contributed by atoms with van der Waals surface area (Å²) in [6.45, 7) is 12.1. The van der Waals surface area contributed by atoms with Gasteiger partial charge in [-0.1, -0.05) is 20.8 Å². The Morgan fingerprint density at radius 1 is 1.38 bits per heavy atom. The van der Waals surface area contributed by atoms with E-state index >= 15 is 0 Å². The smallest absolute Gasteiger partial charge is 0.193 e. The van der Waals surface area contributed by atoms with Crippen molar-refractivity contribution in [3.05, 3.63) is 18.4 Å². The Labute approximate surface area is 99.3 Å². The van der Waals surface area contributed by atoms with E-state index in [1.165, 1.54) is 0 Å². The van der Waals surface area contributed by atoms with Crippen LogP contribution in [0.4, 0.5) is 0 Å². The van der Waals surface area contributed by atoms with Crippen molar-refractivity contribution in [2.75, 3.05) is 6.61 Å². The molecule has 92 valence electrons. The zero-order valence-corrected chi connectivity index (χ0v) is 12.0. The molecule has 1 aromatic heterocycles. The maximum atomic E-state index is 6.06. The second-order valence-corrected chi connectivity index (χ2v) is 10.4. The Balaban J connectivity index is 2.25. The largest absolute Gasteiger partial charge is 0.449 e. The molecule has 0 unspecified atom stereocenters. The highest BCUT2D eigenvalue weighted by Crippen LogP contribution is 2.36. The molecule has 0 bridgehead atoms. The number of hydrogen-bond acceptors (Lipinski definition) is 3. The van der Waals surface area contributed by atoms with Crippen molar-refractivity contribution in [1.29, 1.82) is 0 Å². The molecule has 0 aromatic carbocycles.